The largest absolute Gasteiger partial charge is 0.480 e. The average Bonchev–Trinajstić information content (AvgIpc) is 2.37. The van der Waals surface area contributed by atoms with Gasteiger partial charge in [0.15, 0.2) is 6.10 Å². The fraction of sp³-hybridized carbons (Fsp3) is 0.833. The molecule has 20 heavy (non-hydrogen) atoms. The predicted molar refractivity (Wildman–Crippen MR) is 71.5 cm³/mol. The second-order valence-corrected chi connectivity index (χ2v) is 4.64. The Morgan fingerprint density at radius 3 is 2.10 bits per heavy atom. The Morgan fingerprint density at radius 1 is 1.00 bits per heavy atom. The van der Waals surface area contributed by atoms with E-state index in [1.807, 2.05) is 6.92 Å². The molecule has 0 saturated heterocycles. The van der Waals surface area contributed by atoms with Crippen LogP contribution in [0.1, 0.15) is 26.2 Å². The normalized spacial score (nSPS) is 15.6. The molecular formula is C12H24N2O6. The number of carbonyl (C=O) groups is 2. The lowest BCUT2D eigenvalue weighted by atomic mass is 10.1. The molecule has 0 aromatic heterocycles. The molecule has 0 aliphatic rings. The summed E-state index contributed by atoms with van der Waals surface area (Å²) in [7, 11) is 0. The maximum absolute atomic E-state index is 10.8. The molecule has 0 spiro atoms. The zero-order chi connectivity index (χ0) is 15.5. The third kappa shape index (κ3) is 8.81. The summed E-state index contributed by atoms with van der Waals surface area (Å²) in [6.45, 7) is 2.53. The van der Waals surface area contributed by atoms with Gasteiger partial charge >= 0.3 is 11.9 Å². The van der Waals surface area contributed by atoms with Gasteiger partial charge in [0, 0.05) is 12.6 Å². The van der Waals surface area contributed by atoms with Gasteiger partial charge in [-0.15, -0.1) is 0 Å². The Morgan fingerprint density at radius 2 is 1.60 bits per heavy atom. The number of carboxylic acid groups (broad SMARTS) is 2. The molecule has 0 radical (unpaired) electrons. The van der Waals surface area contributed by atoms with E-state index in [4.69, 9.17) is 20.4 Å². The van der Waals surface area contributed by atoms with Crippen molar-refractivity contribution in [1.29, 1.82) is 0 Å². The van der Waals surface area contributed by atoms with E-state index in [2.05, 4.69) is 10.6 Å². The highest BCUT2D eigenvalue weighted by atomic mass is 16.4. The van der Waals surface area contributed by atoms with Crippen molar-refractivity contribution in [3.8, 4) is 0 Å². The zero-order valence-electron chi connectivity index (χ0n) is 11.6. The van der Waals surface area contributed by atoms with E-state index in [1.165, 1.54) is 0 Å². The van der Waals surface area contributed by atoms with Gasteiger partial charge in [0.05, 0.1) is 0 Å². The van der Waals surface area contributed by atoms with Gasteiger partial charge < -0.3 is 31.1 Å². The molecule has 118 valence electrons. The van der Waals surface area contributed by atoms with Gasteiger partial charge in [-0.05, 0) is 39.3 Å². The fourth-order valence-electron chi connectivity index (χ4n) is 1.61. The molecule has 0 amide bonds. The molecule has 8 heteroatoms. The number of carboxylic acids is 2. The van der Waals surface area contributed by atoms with Crippen LogP contribution >= 0.6 is 0 Å². The first-order valence-electron chi connectivity index (χ1n) is 6.59. The van der Waals surface area contributed by atoms with E-state index in [9.17, 15) is 9.59 Å². The molecule has 0 saturated carbocycles. The maximum Gasteiger partial charge on any atom is 0.332 e. The first kappa shape index (κ1) is 18.8. The highest BCUT2D eigenvalue weighted by molar-refractivity contribution is 5.73. The average molecular weight is 292 g/mol. The minimum atomic E-state index is -1.37. The van der Waals surface area contributed by atoms with Crippen LogP contribution in [0.4, 0.5) is 0 Å². The van der Waals surface area contributed by atoms with Crippen LogP contribution in [0, 0.1) is 0 Å². The first-order valence-corrected chi connectivity index (χ1v) is 6.59. The van der Waals surface area contributed by atoms with Gasteiger partial charge in [-0.25, -0.2) is 4.79 Å². The molecule has 6 N–H and O–H groups in total. The quantitative estimate of drug-likeness (QED) is 0.258. The Balaban J connectivity index is 3.74. The molecule has 0 aromatic carbocycles. The molecule has 0 unspecified atom stereocenters. The van der Waals surface area contributed by atoms with Gasteiger partial charge in [-0.2, -0.15) is 0 Å². The topological polar surface area (TPSA) is 139 Å². The summed E-state index contributed by atoms with van der Waals surface area (Å²) in [6, 6.07) is -0.701. The van der Waals surface area contributed by atoms with Crippen LogP contribution in [0.3, 0.4) is 0 Å². The third-order valence-corrected chi connectivity index (χ3v) is 2.88. The third-order valence-electron chi connectivity index (χ3n) is 2.88. The van der Waals surface area contributed by atoms with Crippen molar-refractivity contribution >= 4 is 11.9 Å². The van der Waals surface area contributed by atoms with Crippen LogP contribution in [0.2, 0.25) is 0 Å². The summed E-state index contributed by atoms with van der Waals surface area (Å²) < 4.78 is 0. The lowest BCUT2D eigenvalue weighted by Crippen LogP contribution is -2.40. The van der Waals surface area contributed by atoms with Crippen molar-refractivity contribution in [3.05, 3.63) is 0 Å². The SMILES string of the molecule is C[C@H](CCN[C@@H](CCO)C(=O)O)NCC[C@H](O)C(=O)O. The minimum absolute atomic E-state index is 0.0621. The second kappa shape index (κ2) is 10.6. The van der Waals surface area contributed by atoms with E-state index in [-0.39, 0.29) is 25.5 Å². The molecule has 8 nitrogen and oxygen atoms in total. The summed E-state index contributed by atoms with van der Waals surface area (Å²) in [6.07, 6.45) is -0.441. The maximum atomic E-state index is 10.8. The van der Waals surface area contributed by atoms with Crippen molar-refractivity contribution < 1.29 is 30.0 Å². The molecule has 0 aliphatic carbocycles. The smallest absolute Gasteiger partial charge is 0.332 e. The monoisotopic (exact) mass is 292 g/mol. The van der Waals surface area contributed by atoms with Crippen LogP contribution in [0.5, 0.6) is 0 Å². The van der Waals surface area contributed by atoms with Crippen LogP contribution in [0.15, 0.2) is 0 Å². The first-order chi connectivity index (χ1) is 9.38. The zero-order valence-corrected chi connectivity index (χ0v) is 11.6. The van der Waals surface area contributed by atoms with Crippen molar-refractivity contribution in [2.45, 2.75) is 44.4 Å². The number of aliphatic hydroxyl groups is 2. The van der Waals surface area contributed by atoms with Gasteiger partial charge in [0.2, 0.25) is 0 Å². The van der Waals surface area contributed by atoms with E-state index in [1.54, 1.807) is 0 Å². The number of hydrogen-bond acceptors (Lipinski definition) is 6. The van der Waals surface area contributed by atoms with Crippen LogP contribution in [-0.4, -0.2) is 70.2 Å². The minimum Gasteiger partial charge on any atom is -0.480 e. The van der Waals surface area contributed by atoms with Crippen LogP contribution in [-0.2, 0) is 9.59 Å². The highest BCUT2D eigenvalue weighted by Gasteiger charge is 2.16. The van der Waals surface area contributed by atoms with Gasteiger partial charge in [0.25, 0.3) is 0 Å². The number of aliphatic hydroxyl groups excluding tert-OH is 2. The summed E-state index contributed by atoms with van der Waals surface area (Å²) in [5.41, 5.74) is 0. The second-order valence-electron chi connectivity index (χ2n) is 4.64. The summed E-state index contributed by atoms with van der Waals surface area (Å²) in [5.74, 6) is -2.24. The lowest BCUT2D eigenvalue weighted by molar-refractivity contribution is -0.146. The van der Waals surface area contributed by atoms with Crippen molar-refractivity contribution in [3.63, 3.8) is 0 Å². The van der Waals surface area contributed by atoms with Gasteiger partial charge in [-0.1, -0.05) is 0 Å². The standard InChI is InChI=1S/C12H24N2O6/c1-8(13-6-3-10(16)12(19)20)2-5-14-9(4-7-15)11(17)18/h8-10,13-16H,2-7H2,1H3,(H,17,18)(H,19,20)/t8-,9+,10+/m1/s1. The fourth-order valence-corrected chi connectivity index (χ4v) is 1.61. The van der Waals surface area contributed by atoms with E-state index in [0.29, 0.717) is 19.5 Å². The molecular weight excluding hydrogens is 268 g/mol. The number of aliphatic carboxylic acids is 2. The van der Waals surface area contributed by atoms with E-state index < -0.39 is 24.1 Å². The Labute approximate surface area is 117 Å². The highest BCUT2D eigenvalue weighted by Crippen LogP contribution is 1.96. The number of nitrogens with one attached hydrogen (secondary N) is 2. The Kier molecular flexibility index (Phi) is 9.91. The van der Waals surface area contributed by atoms with Crippen molar-refractivity contribution in [1.82, 2.24) is 10.6 Å². The molecule has 0 rings (SSSR count). The molecule has 0 bridgehead atoms. The van der Waals surface area contributed by atoms with E-state index >= 15 is 0 Å². The van der Waals surface area contributed by atoms with Crippen molar-refractivity contribution in [2.24, 2.45) is 0 Å². The summed E-state index contributed by atoms with van der Waals surface area (Å²) >= 11 is 0. The van der Waals surface area contributed by atoms with E-state index in [0.717, 1.165) is 0 Å². The Bertz CT molecular complexity index is 300. The number of rotatable bonds is 12. The lowest BCUT2D eigenvalue weighted by Gasteiger charge is -2.17. The predicted octanol–water partition coefficient (Wildman–Crippen LogP) is -1.38. The molecule has 3 atom stereocenters. The molecule has 0 aliphatic heterocycles. The van der Waals surface area contributed by atoms with Gasteiger partial charge in [0.1, 0.15) is 6.04 Å². The van der Waals surface area contributed by atoms with Crippen molar-refractivity contribution in [2.75, 3.05) is 19.7 Å². The summed E-state index contributed by atoms with van der Waals surface area (Å²) in [5, 5.41) is 41.0. The van der Waals surface area contributed by atoms with Crippen LogP contribution in [0.25, 0.3) is 0 Å². The molecule has 0 heterocycles. The van der Waals surface area contributed by atoms with Gasteiger partial charge in [-0.3, -0.25) is 4.79 Å². The van der Waals surface area contributed by atoms with Crippen LogP contribution < -0.4 is 10.6 Å². The molecule has 0 fully saturated rings. The number of hydrogen-bond donors (Lipinski definition) is 6. The Hall–Kier alpha value is -1.22. The summed E-state index contributed by atoms with van der Waals surface area (Å²) in [4.78, 5) is 21.2. The molecule has 0 aromatic rings.